The first-order chi connectivity index (χ1) is 18.7. The second kappa shape index (κ2) is 12.0. The van der Waals surface area contributed by atoms with E-state index in [1.807, 2.05) is 39.0 Å². The first-order valence-electron chi connectivity index (χ1n) is 12.6. The zero-order chi connectivity index (χ0) is 28.1. The van der Waals surface area contributed by atoms with Crippen LogP contribution in [0.25, 0.3) is 10.2 Å². The van der Waals surface area contributed by atoms with Gasteiger partial charge >= 0.3 is 5.97 Å². The molecule has 0 aliphatic rings. The van der Waals surface area contributed by atoms with E-state index in [-0.39, 0.29) is 12.5 Å². The standard InChI is InChI=1S/C29H30N4O5S/c1-5-6-12-38-29(37)20-8-7-9-21(14-20)31-23(34)15-33-16-30-27-24(28(33)36)19(4)25(39-27)26(35)32-22-11-10-17(2)13-18(22)3/h7-11,13-14,16H,5-6,12,15H2,1-4H3,(H,31,34)(H,32,35). The van der Waals surface area contributed by atoms with Gasteiger partial charge in [-0.1, -0.05) is 37.1 Å². The lowest BCUT2D eigenvalue weighted by atomic mass is 10.1. The highest BCUT2D eigenvalue weighted by Gasteiger charge is 2.21. The van der Waals surface area contributed by atoms with Gasteiger partial charge in [-0.3, -0.25) is 19.0 Å². The molecule has 0 saturated carbocycles. The van der Waals surface area contributed by atoms with E-state index >= 15 is 0 Å². The van der Waals surface area contributed by atoms with Crippen LogP contribution in [0.5, 0.6) is 0 Å². The lowest BCUT2D eigenvalue weighted by Crippen LogP contribution is -2.28. The summed E-state index contributed by atoms with van der Waals surface area (Å²) in [6.45, 7) is 7.66. The SMILES string of the molecule is CCCCOC(=O)c1cccc(NC(=O)Cn2cnc3sc(C(=O)Nc4ccc(C)cc4C)c(C)c3c2=O)c1. The fourth-order valence-electron chi connectivity index (χ4n) is 4.09. The van der Waals surface area contributed by atoms with E-state index in [9.17, 15) is 19.2 Å². The number of esters is 1. The van der Waals surface area contributed by atoms with Crippen molar-refractivity contribution < 1.29 is 19.1 Å². The van der Waals surface area contributed by atoms with Gasteiger partial charge in [0.1, 0.15) is 11.4 Å². The third-order valence-electron chi connectivity index (χ3n) is 6.18. The third kappa shape index (κ3) is 6.40. The van der Waals surface area contributed by atoms with Gasteiger partial charge in [0.25, 0.3) is 11.5 Å². The number of carbonyl (C=O) groups excluding carboxylic acids is 3. The number of carbonyl (C=O) groups is 3. The first kappa shape index (κ1) is 27.7. The Bertz CT molecular complexity index is 1620. The van der Waals surface area contributed by atoms with Crippen molar-refractivity contribution in [3.8, 4) is 0 Å². The molecule has 0 atom stereocenters. The molecule has 2 aromatic carbocycles. The molecule has 0 unspecified atom stereocenters. The molecule has 0 spiro atoms. The molecule has 0 fully saturated rings. The van der Waals surface area contributed by atoms with Crippen LogP contribution in [0, 0.1) is 20.8 Å². The number of aromatic nitrogens is 2. The number of nitrogens with one attached hydrogen (secondary N) is 2. The van der Waals surface area contributed by atoms with E-state index in [4.69, 9.17) is 4.74 Å². The van der Waals surface area contributed by atoms with Gasteiger partial charge in [-0.15, -0.1) is 11.3 Å². The van der Waals surface area contributed by atoms with Crippen molar-refractivity contribution >= 4 is 50.7 Å². The average molecular weight is 547 g/mol. The number of ether oxygens (including phenoxy) is 1. The molecule has 39 heavy (non-hydrogen) atoms. The summed E-state index contributed by atoms with van der Waals surface area (Å²) < 4.78 is 6.42. The number of nitrogens with zero attached hydrogens (tertiary/aromatic N) is 2. The number of hydrogen-bond donors (Lipinski definition) is 2. The molecule has 0 radical (unpaired) electrons. The number of rotatable bonds is 9. The Kier molecular flexibility index (Phi) is 8.55. The Morgan fingerprint density at radius 1 is 1.05 bits per heavy atom. The second-order valence-electron chi connectivity index (χ2n) is 9.30. The van der Waals surface area contributed by atoms with Gasteiger partial charge in [-0.05, 0) is 62.6 Å². The summed E-state index contributed by atoms with van der Waals surface area (Å²) in [4.78, 5) is 56.4. The fraction of sp³-hybridized carbons (Fsp3) is 0.276. The highest BCUT2D eigenvalue weighted by Crippen LogP contribution is 2.28. The van der Waals surface area contributed by atoms with E-state index in [0.29, 0.717) is 44.2 Å². The Balaban J connectivity index is 1.49. The van der Waals surface area contributed by atoms with Crippen LogP contribution in [0.2, 0.25) is 0 Å². The van der Waals surface area contributed by atoms with Crippen LogP contribution in [0.3, 0.4) is 0 Å². The van der Waals surface area contributed by atoms with Gasteiger partial charge in [-0.2, -0.15) is 0 Å². The summed E-state index contributed by atoms with van der Waals surface area (Å²) in [5.74, 6) is -1.24. The van der Waals surface area contributed by atoms with Crippen molar-refractivity contribution in [1.82, 2.24) is 9.55 Å². The number of anilines is 2. The maximum absolute atomic E-state index is 13.2. The largest absolute Gasteiger partial charge is 0.462 e. The number of aryl methyl sites for hydroxylation is 3. The summed E-state index contributed by atoms with van der Waals surface area (Å²) in [5.41, 5.74) is 3.56. The van der Waals surface area contributed by atoms with Crippen molar-refractivity contribution in [2.75, 3.05) is 17.2 Å². The summed E-state index contributed by atoms with van der Waals surface area (Å²) in [5, 5.41) is 5.92. The minimum absolute atomic E-state index is 0.285. The van der Waals surface area contributed by atoms with Crippen LogP contribution in [-0.4, -0.2) is 33.9 Å². The molecular formula is C29H30N4O5S. The highest BCUT2D eigenvalue weighted by atomic mass is 32.1. The molecule has 9 nitrogen and oxygen atoms in total. The zero-order valence-electron chi connectivity index (χ0n) is 22.3. The Labute approximate surface area is 229 Å². The summed E-state index contributed by atoms with van der Waals surface area (Å²) in [6, 6.07) is 12.2. The van der Waals surface area contributed by atoms with Gasteiger partial charge in [0, 0.05) is 11.4 Å². The van der Waals surface area contributed by atoms with E-state index < -0.39 is 17.4 Å². The van der Waals surface area contributed by atoms with Gasteiger partial charge in [0.15, 0.2) is 0 Å². The second-order valence-corrected chi connectivity index (χ2v) is 10.3. The van der Waals surface area contributed by atoms with Gasteiger partial charge in [-0.25, -0.2) is 9.78 Å². The smallest absolute Gasteiger partial charge is 0.338 e. The summed E-state index contributed by atoms with van der Waals surface area (Å²) in [6.07, 6.45) is 2.99. The molecule has 2 amide bonds. The van der Waals surface area contributed by atoms with Crippen LogP contribution in [0.4, 0.5) is 11.4 Å². The maximum atomic E-state index is 13.2. The molecule has 4 rings (SSSR count). The molecule has 4 aromatic rings. The van der Waals surface area contributed by atoms with Crippen LogP contribution in [0.15, 0.2) is 53.6 Å². The monoisotopic (exact) mass is 546 g/mol. The molecule has 0 aliphatic carbocycles. The number of fused-ring (bicyclic) bond motifs is 1. The molecule has 2 N–H and O–H groups in total. The lowest BCUT2D eigenvalue weighted by molar-refractivity contribution is -0.116. The number of unbranched alkanes of at least 4 members (excludes halogenated alkanes) is 1. The van der Waals surface area contributed by atoms with E-state index in [1.165, 1.54) is 17.0 Å². The molecule has 0 saturated heterocycles. The average Bonchev–Trinajstić information content (AvgIpc) is 3.24. The van der Waals surface area contributed by atoms with Gasteiger partial charge < -0.3 is 15.4 Å². The minimum Gasteiger partial charge on any atom is -0.462 e. The van der Waals surface area contributed by atoms with Crippen molar-refractivity contribution in [3.63, 3.8) is 0 Å². The Hall–Kier alpha value is -4.31. The Morgan fingerprint density at radius 2 is 1.85 bits per heavy atom. The molecule has 2 heterocycles. The molecular weight excluding hydrogens is 516 g/mol. The van der Waals surface area contributed by atoms with Gasteiger partial charge in [0.05, 0.1) is 28.8 Å². The maximum Gasteiger partial charge on any atom is 0.338 e. The predicted molar refractivity (Wildman–Crippen MR) is 153 cm³/mol. The summed E-state index contributed by atoms with van der Waals surface area (Å²) in [7, 11) is 0. The highest BCUT2D eigenvalue weighted by molar-refractivity contribution is 7.20. The number of hydrogen-bond acceptors (Lipinski definition) is 7. The van der Waals surface area contributed by atoms with Crippen LogP contribution in [0.1, 0.15) is 56.5 Å². The molecule has 0 bridgehead atoms. The topological polar surface area (TPSA) is 119 Å². The number of benzene rings is 2. The molecule has 2 aromatic heterocycles. The van der Waals surface area contributed by atoms with Crippen molar-refractivity contribution in [2.24, 2.45) is 0 Å². The summed E-state index contributed by atoms with van der Waals surface area (Å²) >= 11 is 1.13. The zero-order valence-corrected chi connectivity index (χ0v) is 23.1. The van der Waals surface area contributed by atoms with E-state index in [0.717, 1.165) is 35.3 Å². The number of amides is 2. The van der Waals surface area contributed by atoms with Crippen molar-refractivity contribution in [3.05, 3.63) is 86.3 Å². The quantitative estimate of drug-likeness (QED) is 0.219. The first-order valence-corrected chi connectivity index (χ1v) is 13.4. The lowest BCUT2D eigenvalue weighted by Gasteiger charge is -2.09. The molecule has 10 heteroatoms. The fourth-order valence-corrected chi connectivity index (χ4v) is 5.13. The van der Waals surface area contributed by atoms with Crippen LogP contribution in [-0.2, 0) is 16.1 Å². The van der Waals surface area contributed by atoms with Crippen LogP contribution < -0.4 is 16.2 Å². The normalized spacial score (nSPS) is 10.9. The van der Waals surface area contributed by atoms with Gasteiger partial charge in [0.2, 0.25) is 5.91 Å². The van der Waals surface area contributed by atoms with E-state index in [1.54, 1.807) is 25.1 Å². The predicted octanol–water partition coefficient (Wildman–Crippen LogP) is 5.23. The molecule has 202 valence electrons. The van der Waals surface area contributed by atoms with Crippen molar-refractivity contribution in [2.45, 2.75) is 47.1 Å². The molecule has 0 aliphatic heterocycles. The Morgan fingerprint density at radius 3 is 2.59 bits per heavy atom. The number of thiophene rings is 1. The minimum atomic E-state index is -0.463. The van der Waals surface area contributed by atoms with Crippen molar-refractivity contribution in [1.29, 1.82) is 0 Å². The van der Waals surface area contributed by atoms with Crippen LogP contribution >= 0.6 is 11.3 Å². The third-order valence-corrected chi connectivity index (χ3v) is 7.38. The van der Waals surface area contributed by atoms with E-state index in [2.05, 4.69) is 15.6 Å².